The van der Waals surface area contributed by atoms with Crippen molar-refractivity contribution in [2.45, 2.75) is 50.0 Å². The summed E-state index contributed by atoms with van der Waals surface area (Å²) in [5.41, 5.74) is 2.84. The Morgan fingerprint density at radius 2 is 1.71 bits per heavy atom. The second-order valence-corrected chi connectivity index (χ2v) is 10.3. The van der Waals surface area contributed by atoms with Crippen LogP contribution in [0.1, 0.15) is 58.0 Å². The van der Waals surface area contributed by atoms with Crippen LogP contribution in [-0.2, 0) is 27.6 Å². The zero-order valence-electron chi connectivity index (χ0n) is 17.3. The molecule has 0 amide bonds. The lowest BCUT2D eigenvalue weighted by atomic mass is 10.0. The van der Waals surface area contributed by atoms with Crippen LogP contribution in [0.4, 0.5) is 0 Å². The van der Waals surface area contributed by atoms with Crippen LogP contribution < -0.4 is 0 Å². The number of esters is 1. The van der Waals surface area contributed by atoms with E-state index in [0.29, 0.717) is 18.7 Å². The zero-order chi connectivity index (χ0) is 22.2. The van der Waals surface area contributed by atoms with Gasteiger partial charge in [0.15, 0.2) is 6.10 Å². The van der Waals surface area contributed by atoms with Gasteiger partial charge in [0, 0.05) is 18.7 Å². The maximum Gasteiger partial charge on any atom is 0.340 e. The molecule has 4 rings (SSSR count). The van der Waals surface area contributed by atoms with E-state index in [-0.39, 0.29) is 21.3 Å². The molecule has 1 aliphatic heterocycles. The number of halogens is 1. The van der Waals surface area contributed by atoms with Crippen LogP contribution in [-0.4, -0.2) is 43.7 Å². The van der Waals surface area contributed by atoms with Crippen molar-refractivity contribution < 1.29 is 22.7 Å². The number of nitrogens with zero attached hydrogens (tertiary/aromatic N) is 1. The molecule has 2 aliphatic rings. The van der Waals surface area contributed by atoms with Crippen LogP contribution in [0.5, 0.6) is 0 Å². The molecular weight excluding hydrogens is 438 g/mol. The summed E-state index contributed by atoms with van der Waals surface area (Å²) in [6, 6.07) is 9.55. The monoisotopic (exact) mass is 461 g/mol. The molecule has 2 aromatic carbocycles. The Bertz CT molecular complexity index is 1140. The number of rotatable bonds is 6. The minimum Gasteiger partial charge on any atom is -0.451 e. The van der Waals surface area contributed by atoms with E-state index in [1.807, 2.05) is 12.1 Å². The van der Waals surface area contributed by atoms with E-state index in [1.54, 1.807) is 6.07 Å². The highest BCUT2D eigenvalue weighted by Crippen LogP contribution is 2.27. The number of Topliss-reactive ketones (excluding diaryl/α,β-unsaturated/α-hetero) is 1. The summed E-state index contributed by atoms with van der Waals surface area (Å²) >= 11 is 6.15. The quantitative estimate of drug-likeness (QED) is 0.479. The summed E-state index contributed by atoms with van der Waals surface area (Å²) in [7, 11) is -3.71. The molecule has 0 radical (unpaired) electrons. The molecule has 0 saturated carbocycles. The lowest BCUT2D eigenvalue weighted by molar-refractivity contribution is 0.0318. The van der Waals surface area contributed by atoms with Gasteiger partial charge in [-0.3, -0.25) is 4.79 Å². The second-order valence-electron chi connectivity index (χ2n) is 8.00. The van der Waals surface area contributed by atoms with Gasteiger partial charge in [0.05, 0.1) is 15.5 Å². The number of ether oxygens (including phenoxy) is 1. The molecule has 2 aromatic rings. The van der Waals surface area contributed by atoms with Crippen LogP contribution in [0.15, 0.2) is 41.3 Å². The minimum absolute atomic E-state index is 0.0108. The molecule has 1 atom stereocenters. The van der Waals surface area contributed by atoms with Gasteiger partial charge in [-0.05, 0) is 74.4 Å². The standard InChI is InChI=1S/C23H24ClNO5S/c1-15(22(26)18-8-7-16-5-4-6-17(16)13-18)30-23(27)20-14-19(9-10-21(20)24)31(28,29)25-11-2-3-12-25/h7-10,13-15H,2-6,11-12H2,1H3. The zero-order valence-corrected chi connectivity index (χ0v) is 18.8. The Balaban J connectivity index is 1.52. The highest BCUT2D eigenvalue weighted by molar-refractivity contribution is 7.89. The van der Waals surface area contributed by atoms with Crippen LogP contribution in [0.3, 0.4) is 0 Å². The number of ketones is 1. The lowest BCUT2D eigenvalue weighted by Crippen LogP contribution is -2.28. The van der Waals surface area contributed by atoms with Crippen molar-refractivity contribution in [2.24, 2.45) is 0 Å². The van der Waals surface area contributed by atoms with Crippen LogP contribution >= 0.6 is 11.6 Å². The predicted molar refractivity (Wildman–Crippen MR) is 117 cm³/mol. The number of aryl methyl sites for hydroxylation is 2. The predicted octanol–water partition coefficient (Wildman–Crippen LogP) is 4.04. The molecule has 164 valence electrons. The number of hydrogen-bond donors (Lipinski definition) is 0. The molecule has 0 N–H and O–H groups in total. The number of fused-ring (bicyclic) bond motifs is 1. The van der Waals surface area contributed by atoms with Crippen molar-refractivity contribution in [2.75, 3.05) is 13.1 Å². The molecule has 0 aromatic heterocycles. The molecule has 31 heavy (non-hydrogen) atoms. The van der Waals surface area contributed by atoms with E-state index in [9.17, 15) is 18.0 Å². The Labute approximate surface area is 187 Å². The third-order valence-electron chi connectivity index (χ3n) is 5.90. The van der Waals surface area contributed by atoms with Gasteiger partial charge in [-0.2, -0.15) is 4.31 Å². The molecular formula is C23H24ClNO5S. The first-order chi connectivity index (χ1) is 14.8. The van der Waals surface area contributed by atoms with Gasteiger partial charge in [-0.15, -0.1) is 0 Å². The maximum atomic E-state index is 12.8. The van der Waals surface area contributed by atoms with Crippen molar-refractivity contribution in [3.05, 3.63) is 63.7 Å². The van der Waals surface area contributed by atoms with Crippen molar-refractivity contribution in [1.29, 1.82) is 0 Å². The molecule has 6 nitrogen and oxygen atoms in total. The Hall–Kier alpha value is -2.22. The number of sulfonamides is 1. The van der Waals surface area contributed by atoms with E-state index < -0.39 is 22.1 Å². The fourth-order valence-electron chi connectivity index (χ4n) is 4.14. The van der Waals surface area contributed by atoms with Gasteiger partial charge in [0.1, 0.15) is 0 Å². The molecule has 1 fully saturated rings. The fraction of sp³-hybridized carbons (Fsp3) is 0.391. The van der Waals surface area contributed by atoms with E-state index in [2.05, 4.69) is 0 Å². The molecule has 0 spiro atoms. The molecule has 0 bridgehead atoms. The average Bonchev–Trinajstić information content (AvgIpc) is 3.44. The van der Waals surface area contributed by atoms with Gasteiger partial charge in [0.2, 0.25) is 15.8 Å². The van der Waals surface area contributed by atoms with Gasteiger partial charge in [-0.25, -0.2) is 13.2 Å². The summed E-state index contributed by atoms with van der Waals surface area (Å²) in [6.45, 7) is 2.42. The SMILES string of the molecule is CC(OC(=O)c1cc(S(=O)(=O)N2CCCC2)ccc1Cl)C(=O)c1ccc2c(c1)CCC2. The van der Waals surface area contributed by atoms with E-state index >= 15 is 0 Å². The van der Waals surface area contributed by atoms with Crippen LogP contribution in [0.2, 0.25) is 5.02 Å². The highest BCUT2D eigenvalue weighted by atomic mass is 35.5. The van der Waals surface area contributed by atoms with Gasteiger partial charge < -0.3 is 4.74 Å². The van der Waals surface area contributed by atoms with E-state index in [1.165, 1.54) is 35.0 Å². The number of carbonyl (C=O) groups is 2. The molecule has 1 heterocycles. The van der Waals surface area contributed by atoms with E-state index in [4.69, 9.17) is 16.3 Å². The highest BCUT2D eigenvalue weighted by Gasteiger charge is 2.29. The molecule has 1 saturated heterocycles. The van der Waals surface area contributed by atoms with Crippen molar-refractivity contribution in [1.82, 2.24) is 4.31 Å². The average molecular weight is 462 g/mol. The van der Waals surface area contributed by atoms with Gasteiger partial charge in [-0.1, -0.05) is 23.7 Å². The minimum atomic E-state index is -3.71. The van der Waals surface area contributed by atoms with Crippen LogP contribution in [0.25, 0.3) is 0 Å². The lowest BCUT2D eigenvalue weighted by Gasteiger charge is -2.17. The van der Waals surface area contributed by atoms with E-state index in [0.717, 1.165) is 37.7 Å². The fourth-order valence-corrected chi connectivity index (χ4v) is 5.87. The summed E-state index contributed by atoms with van der Waals surface area (Å²) in [4.78, 5) is 25.5. The number of benzene rings is 2. The van der Waals surface area contributed by atoms with Crippen molar-refractivity contribution in [3.63, 3.8) is 0 Å². The Morgan fingerprint density at radius 1 is 1.00 bits per heavy atom. The molecule has 1 unspecified atom stereocenters. The van der Waals surface area contributed by atoms with Crippen LogP contribution in [0, 0.1) is 0 Å². The van der Waals surface area contributed by atoms with Crippen molar-refractivity contribution in [3.8, 4) is 0 Å². The third-order valence-corrected chi connectivity index (χ3v) is 8.12. The first kappa shape index (κ1) is 22.0. The first-order valence-corrected chi connectivity index (χ1v) is 12.3. The maximum absolute atomic E-state index is 12.8. The first-order valence-electron chi connectivity index (χ1n) is 10.4. The Morgan fingerprint density at radius 3 is 2.45 bits per heavy atom. The molecule has 1 aliphatic carbocycles. The summed E-state index contributed by atoms with van der Waals surface area (Å²) in [5.74, 6) is -1.13. The Kier molecular flexibility index (Phi) is 6.19. The smallest absolute Gasteiger partial charge is 0.340 e. The second kappa shape index (κ2) is 8.73. The number of carbonyl (C=O) groups excluding carboxylic acids is 2. The van der Waals surface area contributed by atoms with Gasteiger partial charge in [0.25, 0.3) is 0 Å². The number of hydrogen-bond acceptors (Lipinski definition) is 5. The summed E-state index contributed by atoms with van der Waals surface area (Å²) < 4.78 is 32.4. The topological polar surface area (TPSA) is 80.8 Å². The normalized spacial score (nSPS) is 17.4. The largest absolute Gasteiger partial charge is 0.451 e. The molecule has 8 heteroatoms. The van der Waals surface area contributed by atoms with Gasteiger partial charge >= 0.3 is 5.97 Å². The third kappa shape index (κ3) is 4.40. The summed E-state index contributed by atoms with van der Waals surface area (Å²) in [6.07, 6.45) is 3.63. The summed E-state index contributed by atoms with van der Waals surface area (Å²) in [5, 5.41) is 0.0718. The van der Waals surface area contributed by atoms with Crippen molar-refractivity contribution >= 4 is 33.4 Å².